The maximum absolute atomic E-state index is 12.9. The van der Waals surface area contributed by atoms with Crippen LogP contribution < -0.4 is 10.1 Å². The summed E-state index contributed by atoms with van der Waals surface area (Å²) in [6.07, 6.45) is -0.0600. The van der Waals surface area contributed by atoms with Crippen LogP contribution in [0.15, 0.2) is 42.6 Å². The SMILES string of the molecule is CN1CCCCC1C(=O)NCc1cccnc1Oc1cccc(C(F)(F)F)c1. The average molecular weight is 393 g/mol. The van der Waals surface area contributed by atoms with Gasteiger partial charge in [-0.05, 0) is 50.7 Å². The minimum absolute atomic E-state index is 0.0353. The van der Waals surface area contributed by atoms with Crippen LogP contribution in [0, 0.1) is 0 Å². The van der Waals surface area contributed by atoms with E-state index in [9.17, 15) is 18.0 Å². The molecule has 1 aliphatic heterocycles. The lowest BCUT2D eigenvalue weighted by Gasteiger charge is -2.31. The third kappa shape index (κ3) is 5.01. The molecular formula is C20H22F3N3O2. The second kappa shape index (κ2) is 8.60. The molecule has 1 fully saturated rings. The molecule has 150 valence electrons. The summed E-state index contributed by atoms with van der Waals surface area (Å²) in [6, 6.07) is 7.86. The van der Waals surface area contributed by atoms with Crippen molar-refractivity contribution in [2.45, 2.75) is 38.0 Å². The number of ether oxygens (including phenoxy) is 1. The first-order chi connectivity index (χ1) is 13.3. The van der Waals surface area contributed by atoms with E-state index >= 15 is 0 Å². The van der Waals surface area contributed by atoms with Gasteiger partial charge in [0.05, 0.1) is 11.6 Å². The largest absolute Gasteiger partial charge is 0.439 e. The molecule has 1 atom stereocenters. The molecule has 8 heteroatoms. The van der Waals surface area contributed by atoms with Crippen molar-refractivity contribution in [3.63, 3.8) is 0 Å². The molecular weight excluding hydrogens is 371 g/mol. The standard InChI is InChI=1S/C20H22F3N3O2/c1-26-11-3-2-9-17(26)18(27)25-13-14-6-5-10-24-19(14)28-16-8-4-7-15(12-16)20(21,22)23/h4-8,10,12,17H,2-3,9,11,13H2,1H3,(H,25,27). The number of piperidine rings is 1. The van der Waals surface area contributed by atoms with Gasteiger partial charge in [-0.3, -0.25) is 9.69 Å². The van der Waals surface area contributed by atoms with Crippen LogP contribution in [0.5, 0.6) is 11.6 Å². The van der Waals surface area contributed by atoms with Gasteiger partial charge in [0.15, 0.2) is 0 Å². The maximum atomic E-state index is 12.9. The normalized spacial score (nSPS) is 17.9. The average Bonchev–Trinajstić information content (AvgIpc) is 2.67. The molecule has 0 bridgehead atoms. The Morgan fingerprint density at radius 1 is 1.29 bits per heavy atom. The van der Waals surface area contributed by atoms with Crippen molar-refractivity contribution in [2.75, 3.05) is 13.6 Å². The van der Waals surface area contributed by atoms with Crippen LogP contribution in [0.4, 0.5) is 13.2 Å². The van der Waals surface area contributed by atoms with Gasteiger partial charge in [-0.25, -0.2) is 4.98 Å². The maximum Gasteiger partial charge on any atom is 0.416 e. The molecule has 1 aliphatic rings. The van der Waals surface area contributed by atoms with Crippen molar-refractivity contribution in [2.24, 2.45) is 0 Å². The van der Waals surface area contributed by atoms with Gasteiger partial charge in [0.1, 0.15) is 5.75 Å². The molecule has 2 aromatic rings. The lowest BCUT2D eigenvalue weighted by molar-refractivity contribution is -0.137. The summed E-state index contributed by atoms with van der Waals surface area (Å²) in [6.45, 7) is 1.07. The molecule has 1 aromatic heterocycles. The fourth-order valence-corrected chi connectivity index (χ4v) is 3.20. The van der Waals surface area contributed by atoms with Crippen molar-refractivity contribution in [1.29, 1.82) is 0 Å². The number of nitrogens with one attached hydrogen (secondary N) is 1. The number of carbonyl (C=O) groups is 1. The highest BCUT2D eigenvalue weighted by atomic mass is 19.4. The summed E-state index contributed by atoms with van der Waals surface area (Å²) in [5.41, 5.74) is -0.206. The number of hydrogen-bond acceptors (Lipinski definition) is 4. The highest BCUT2D eigenvalue weighted by Gasteiger charge is 2.31. The van der Waals surface area contributed by atoms with E-state index in [0.717, 1.165) is 37.9 Å². The third-order valence-corrected chi connectivity index (χ3v) is 4.75. The van der Waals surface area contributed by atoms with Crippen molar-refractivity contribution >= 4 is 5.91 Å². The van der Waals surface area contributed by atoms with Crippen LogP contribution in [-0.4, -0.2) is 35.4 Å². The number of aromatic nitrogens is 1. The summed E-state index contributed by atoms with van der Waals surface area (Å²) in [5, 5.41) is 2.88. The van der Waals surface area contributed by atoms with E-state index in [1.807, 2.05) is 11.9 Å². The first kappa shape index (κ1) is 20.1. The minimum atomic E-state index is -4.45. The number of likely N-dealkylation sites (N-methyl/N-ethyl adjacent to an activating group) is 1. The van der Waals surface area contributed by atoms with Gasteiger partial charge in [0, 0.05) is 18.3 Å². The molecule has 1 amide bonds. The van der Waals surface area contributed by atoms with Crippen LogP contribution in [0.25, 0.3) is 0 Å². The Bertz CT molecular complexity index is 826. The Hall–Kier alpha value is -2.61. The van der Waals surface area contributed by atoms with Crippen molar-refractivity contribution in [1.82, 2.24) is 15.2 Å². The van der Waals surface area contributed by atoms with Crippen molar-refractivity contribution in [3.8, 4) is 11.6 Å². The molecule has 3 rings (SSSR count). The topological polar surface area (TPSA) is 54.5 Å². The molecule has 1 N–H and O–H groups in total. The highest BCUT2D eigenvalue weighted by Crippen LogP contribution is 2.32. The Morgan fingerprint density at radius 2 is 2.11 bits per heavy atom. The van der Waals surface area contributed by atoms with E-state index in [1.54, 1.807) is 12.1 Å². The summed E-state index contributed by atoms with van der Waals surface area (Å²) in [5.74, 6) is 0.128. The number of halogens is 3. The van der Waals surface area contributed by atoms with E-state index in [0.29, 0.717) is 5.56 Å². The monoisotopic (exact) mass is 393 g/mol. The molecule has 1 aromatic carbocycles. The number of pyridine rings is 1. The van der Waals surface area contributed by atoms with Crippen LogP contribution in [0.3, 0.4) is 0 Å². The second-order valence-corrected chi connectivity index (χ2v) is 6.81. The Morgan fingerprint density at radius 3 is 2.86 bits per heavy atom. The zero-order valence-corrected chi connectivity index (χ0v) is 15.5. The Labute approximate surface area is 161 Å². The number of nitrogens with zero attached hydrogens (tertiary/aromatic N) is 2. The number of likely N-dealkylation sites (tertiary alicyclic amines) is 1. The molecule has 0 saturated carbocycles. The summed E-state index contributed by atoms with van der Waals surface area (Å²) in [4.78, 5) is 18.6. The van der Waals surface area contributed by atoms with Gasteiger partial charge in [0.2, 0.25) is 11.8 Å². The van der Waals surface area contributed by atoms with E-state index in [-0.39, 0.29) is 30.1 Å². The summed E-state index contributed by atoms with van der Waals surface area (Å²) < 4.78 is 44.2. The number of rotatable bonds is 5. The van der Waals surface area contributed by atoms with Crippen molar-refractivity contribution < 1.29 is 22.7 Å². The molecule has 0 aliphatic carbocycles. The first-order valence-electron chi connectivity index (χ1n) is 9.11. The number of alkyl halides is 3. The quantitative estimate of drug-likeness (QED) is 0.835. The van der Waals surface area contributed by atoms with Gasteiger partial charge < -0.3 is 10.1 Å². The van der Waals surface area contributed by atoms with Crippen LogP contribution in [0.2, 0.25) is 0 Å². The molecule has 0 spiro atoms. The van der Waals surface area contributed by atoms with Crippen molar-refractivity contribution in [3.05, 3.63) is 53.7 Å². The van der Waals surface area contributed by atoms with Crippen LogP contribution in [-0.2, 0) is 17.5 Å². The van der Waals surface area contributed by atoms with E-state index in [4.69, 9.17) is 4.74 Å². The van der Waals surface area contributed by atoms with Gasteiger partial charge in [-0.2, -0.15) is 13.2 Å². The van der Waals surface area contributed by atoms with Gasteiger partial charge in [-0.15, -0.1) is 0 Å². The summed E-state index contributed by atoms with van der Waals surface area (Å²) in [7, 11) is 1.93. The third-order valence-electron chi connectivity index (χ3n) is 4.75. The number of carbonyl (C=O) groups excluding carboxylic acids is 1. The molecule has 28 heavy (non-hydrogen) atoms. The predicted molar refractivity (Wildman–Crippen MR) is 97.9 cm³/mol. The molecule has 5 nitrogen and oxygen atoms in total. The van der Waals surface area contributed by atoms with Gasteiger partial charge in [0.25, 0.3) is 0 Å². The van der Waals surface area contributed by atoms with E-state index in [1.165, 1.54) is 18.3 Å². The van der Waals surface area contributed by atoms with E-state index in [2.05, 4.69) is 10.3 Å². The molecule has 1 unspecified atom stereocenters. The van der Waals surface area contributed by atoms with E-state index < -0.39 is 11.7 Å². The zero-order chi connectivity index (χ0) is 20.1. The number of benzene rings is 1. The first-order valence-corrected chi connectivity index (χ1v) is 9.11. The van der Waals surface area contributed by atoms with Gasteiger partial charge in [-0.1, -0.05) is 18.6 Å². The molecule has 0 radical (unpaired) electrons. The fourth-order valence-electron chi connectivity index (χ4n) is 3.20. The van der Waals surface area contributed by atoms with Crippen LogP contribution >= 0.6 is 0 Å². The zero-order valence-electron chi connectivity index (χ0n) is 15.5. The summed E-state index contributed by atoms with van der Waals surface area (Å²) >= 11 is 0. The second-order valence-electron chi connectivity index (χ2n) is 6.81. The minimum Gasteiger partial charge on any atom is -0.439 e. The predicted octanol–water partition coefficient (Wildman–Crippen LogP) is 3.99. The molecule has 2 heterocycles. The highest BCUT2D eigenvalue weighted by molar-refractivity contribution is 5.81. The van der Waals surface area contributed by atoms with Gasteiger partial charge >= 0.3 is 6.18 Å². The Kier molecular flexibility index (Phi) is 6.18. The lowest BCUT2D eigenvalue weighted by atomic mass is 10.0. The Balaban J connectivity index is 1.69. The lowest BCUT2D eigenvalue weighted by Crippen LogP contribution is -2.47. The number of hydrogen-bond donors (Lipinski definition) is 1. The fraction of sp³-hybridized carbons (Fsp3) is 0.400. The molecule has 1 saturated heterocycles. The smallest absolute Gasteiger partial charge is 0.416 e. The van der Waals surface area contributed by atoms with Crippen LogP contribution in [0.1, 0.15) is 30.4 Å². The number of amides is 1.